The molecule has 1 heterocycles. The van der Waals surface area contributed by atoms with Crippen molar-refractivity contribution in [2.45, 2.75) is 6.18 Å². The van der Waals surface area contributed by atoms with Gasteiger partial charge >= 0.3 is 6.18 Å². The Morgan fingerprint density at radius 1 is 1.15 bits per heavy atom. The van der Waals surface area contributed by atoms with Crippen LogP contribution in [0.1, 0.15) is 5.56 Å². The summed E-state index contributed by atoms with van der Waals surface area (Å²) in [5, 5.41) is 5.57. The summed E-state index contributed by atoms with van der Waals surface area (Å²) >= 11 is 5.83. The summed E-state index contributed by atoms with van der Waals surface area (Å²) in [6.07, 6.45) is -1.47. The van der Waals surface area contributed by atoms with Gasteiger partial charge in [0.2, 0.25) is 0 Å². The van der Waals surface area contributed by atoms with E-state index in [4.69, 9.17) is 11.6 Å². The summed E-state index contributed by atoms with van der Waals surface area (Å²) in [5.74, 6) is 0.900. The van der Waals surface area contributed by atoms with Crippen LogP contribution in [-0.4, -0.2) is 17.0 Å². The van der Waals surface area contributed by atoms with E-state index in [2.05, 4.69) is 20.6 Å². The van der Waals surface area contributed by atoms with Crippen LogP contribution in [0.4, 0.5) is 30.5 Å². The molecular formula is C12H10ClF3N4. The van der Waals surface area contributed by atoms with E-state index in [0.29, 0.717) is 17.3 Å². The topological polar surface area (TPSA) is 49.8 Å². The molecule has 0 amide bonds. The van der Waals surface area contributed by atoms with E-state index in [1.807, 2.05) is 0 Å². The fourth-order valence-electron chi connectivity index (χ4n) is 1.48. The number of anilines is 3. The Kier molecular flexibility index (Phi) is 3.99. The lowest BCUT2D eigenvalue weighted by molar-refractivity contribution is -0.137. The van der Waals surface area contributed by atoms with E-state index in [0.717, 1.165) is 12.1 Å². The summed E-state index contributed by atoms with van der Waals surface area (Å²) in [6.45, 7) is 0. The van der Waals surface area contributed by atoms with Gasteiger partial charge in [-0.3, -0.25) is 4.98 Å². The molecule has 8 heteroatoms. The summed E-state index contributed by atoms with van der Waals surface area (Å²) in [5.41, 5.74) is -0.481. The quantitative estimate of drug-likeness (QED) is 0.902. The molecule has 1 aromatic heterocycles. The number of rotatable bonds is 3. The summed E-state index contributed by atoms with van der Waals surface area (Å²) in [6, 6.07) is 3.06. The molecule has 0 aliphatic rings. The largest absolute Gasteiger partial charge is 0.416 e. The number of hydrogen-bond donors (Lipinski definition) is 2. The van der Waals surface area contributed by atoms with Gasteiger partial charge < -0.3 is 10.6 Å². The van der Waals surface area contributed by atoms with Gasteiger partial charge in [-0.25, -0.2) is 4.98 Å². The lowest BCUT2D eigenvalue weighted by Crippen LogP contribution is -2.05. The highest BCUT2D eigenvalue weighted by molar-refractivity contribution is 6.33. The molecule has 2 N–H and O–H groups in total. The number of hydrogen-bond acceptors (Lipinski definition) is 4. The van der Waals surface area contributed by atoms with Crippen LogP contribution in [-0.2, 0) is 6.18 Å². The molecule has 0 fully saturated rings. The first-order valence-corrected chi connectivity index (χ1v) is 5.91. The fraction of sp³-hybridized carbons (Fsp3) is 0.167. The monoisotopic (exact) mass is 302 g/mol. The SMILES string of the molecule is CNc1cncc(Nc2ccc(C(F)(F)F)cc2Cl)n1. The van der Waals surface area contributed by atoms with Crippen LogP contribution in [0, 0.1) is 0 Å². The van der Waals surface area contributed by atoms with Crippen molar-refractivity contribution in [3.05, 3.63) is 41.2 Å². The molecule has 0 spiro atoms. The van der Waals surface area contributed by atoms with Gasteiger partial charge in [0.25, 0.3) is 0 Å². The van der Waals surface area contributed by atoms with Crippen molar-refractivity contribution in [3.63, 3.8) is 0 Å². The summed E-state index contributed by atoms with van der Waals surface area (Å²) in [4.78, 5) is 8.06. The predicted octanol–water partition coefficient (Wildman–Crippen LogP) is 3.93. The minimum Gasteiger partial charge on any atom is -0.372 e. The lowest BCUT2D eigenvalue weighted by atomic mass is 10.2. The summed E-state index contributed by atoms with van der Waals surface area (Å²) < 4.78 is 37.5. The third kappa shape index (κ3) is 3.30. The molecule has 0 saturated carbocycles. The number of halogens is 4. The standard InChI is InChI=1S/C12H10ClF3N4/c1-17-10-5-18-6-11(20-10)19-9-3-2-7(4-8(9)13)12(14,15)16/h2-6H,1H3,(H2,17,19,20). The Labute approximate surface area is 118 Å². The highest BCUT2D eigenvalue weighted by atomic mass is 35.5. The zero-order valence-electron chi connectivity index (χ0n) is 10.3. The second kappa shape index (κ2) is 5.54. The highest BCUT2D eigenvalue weighted by Crippen LogP contribution is 2.34. The highest BCUT2D eigenvalue weighted by Gasteiger charge is 2.30. The van der Waals surface area contributed by atoms with E-state index in [-0.39, 0.29) is 5.02 Å². The molecule has 4 nitrogen and oxygen atoms in total. The minimum absolute atomic E-state index is 0.0449. The van der Waals surface area contributed by atoms with Crippen molar-refractivity contribution < 1.29 is 13.2 Å². The first kappa shape index (κ1) is 14.4. The molecule has 0 aliphatic carbocycles. The number of nitrogens with zero attached hydrogens (tertiary/aromatic N) is 2. The first-order chi connectivity index (χ1) is 9.40. The van der Waals surface area contributed by atoms with Gasteiger partial charge in [0, 0.05) is 7.05 Å². The van der Waals surface area contributed by atoms with Crippen molar-refractivity contribution in [1.29, 1.82) is 0 Å². The number of benzene rings is 1. The van der Waals surface area contributed by atoms with E-state index in [1.54, 1.807) is 7.05 Å². The van der Waals surface area contributed by atoms with Crippen molar-refractivity contribution in [1.82, 2.24) is 9.97 Å². The van der Waals surface area contributed by atoms with Crippen LogP contribution in [0.15, 0.2) is 30.6 Å². The van der Waals surface area contributed by atoms with E-state index in [1.165, 1.54) is 18.5 Å². The molecule has 106 valence electrons. The Morgan fingerprint density at radius 3 is 2.45 bits per heavy atom. The summed E-state index contributed by atoms with van der Waals surface area (Å²) in [7, 11) is 1.68. The molecule has 1 aromatic carbocycles. The van der Waals surface area contributed by atoms with Gasteiger partial charge in [-0.05, 0) is 18.2 Å². The van der Waals surface area contributed by atoms with Crippen LogP contribution in [0.25, 0.3) is 0 Å². The van der Waals surface area contributed by atoms with Gasteiger partial charge in [0.15, 0.2) is 5.82 Å². The van der Waals surface area contributed by atoms with E-state index < -0.39 is 11.7 Å². The zero-order valence-corrected chi connectivity index (χ0v) is 11.0. The number of aromatic nitrogens is 2. The maximum Gasteiger partial charge on any atom is 0.416 e. The molecule has 20 heavy (non-hydrogen) atoms. The Hall–Kier alpha value is -2.02. The Bertz CT molecular complexity index is 616. The van der Waals surface area contributed by atoms with Crippen molar-refractivity contribution in [2.75, 3.05) is 17.7 Å². The second-order valence-corrected chi connectivity index (χ2v) is 4.26. The van der Waals surface area contributed by atoms with Crippen LogP contribution in [0.2, 0.25) is 5.02 Å². The van der Waals surface area contributed by atoms with E-state index in [9.17, 15) is 13.2 Å². The molecule has 0 aliphatic heterocycles. The first-order valence-electron chi connectivity index (χ1n) is 5.53. The van der Waals surface area contributed by atoms with Crippen LogP contribution >= 0.6 is 11.6 Å². The molecule has 0 unspecified atom stereocenters. The van der Waals surface area contributed by atoms with Crippen LogP contribution in [0.3, 0.4) is 0 Å². The van der Waals surface area contributed by atoms with Crippen LogP contribution in [0.5, 0.6) is 0 Å². The third-order valence-corrected chi connectivity index (χ3v) is 2.76. The third-order valence-electron chi connectivity index (χ3n) is 2.45. The fourth-order valence-corrected chi connectivity index (χ4v) is 1.71. The van der Waals surface area contributed by atoms with Crippen molar-refractivity contribution in [2.24, 2.45) is 0 Å². The average Bonchev–Trinajstić information content (AvgIpc) is 2.40. The predicted molar refractivity (Wildman–Crippen MR) is 71.3 cm³/mol. The minimum atomic E-state index is -4.42. The van der Waals surface area contributed by atoms with Gasteiger partial charge in [-0.15, -0.1) is 0 Å². The Balaban J connectivity index is 2.25. The zero-order chi connectivity index (χ0) is 14.8. The second-order valence-electron chi connectivity index (χ2n) is 3.86. The Morgan fingerprint density at radius 2 is 1.85 bits per heavy atom. The maximum absolute atomic E-state index is 12.5. The van der Waals surface area contributed by atoms with Crippen LogP contribution < -0.4 is 10.6 Å². The van der Waals surface area contributed by atoms with Gasteiger partial charge in [0.05, 0.1) is 28.7 Å². The molecule has 0 saturated heterocycles. The smallest absolute Gasteiger partial charge is 0.372 e. The normalized spacial score (nSPS) is 11.2. The number of alkyl halides is 3. The number of nitrogens with one attached hydrogen (secondary N) is 2. The van der Waals surface area contributed by atoms with Gasteiger partial charge in [0.1, 0.15) is 5.82 Å². The lowest BCUT2D eigenvalue weighted by Gasteiger charge is -2.11. The van der Waals surface area contributed by atoms with Gasteiger partial charge in [-0.2, -0.15) is 13.2 Å². The molecule has 0 radical (unpaired) electrons. The van der Waals surface area contributed by atoms with Gasteiger partial charge in [-0.1, -0.05) is 11.6 Å². The molecular weight excluding hydrogens is 293 g/mol. The molecule has 2 rings (SSSR count). The average molecular weight is 303 g/mol. The maximum atomic E-state index is 12.5. The van der Waals surface area contributed by atoms with Crippen molar-refractivity contribution >= 4 is 28.9 Å². The molecule has 0 bridgehead atoms. The van der Waals surface area contributed by atoms with Crippen molar-refractivity contribution in [3.8, 4) is 0 Å². The van der Waals surface area contributed by atoms with E-state index >= 15 is 0 Å². The molecule has 0 atom stereocenters. The molecule has 2 aromatic rings.